The van der Waals surface area contributed by atoms with Gasteiger partial charge in [-0.05, 0) is 59.2 Å². The highest BCUT2D eigenvalue weighted by Crippen LogP contribution is 2.35. The first-order valence-corrected chi connectivity index (χ1v) is 18.3. The lowest BCUT2D eigenvalue weighted by Crippen LogP contribution is -2.71. The van der Waals surface area contributed by atoms with E-state index in [0.717, 1.165) is 0 Å². The van der Waals surface area contributed by atoms with Crippen molar-refractivity contribution < 1.29 is 33.5 Å². The van der Waals surface area contributed by atoms with Crippen molar-refractivity contribution in [3.05, 3.63) is 12.2 Å². The lowest BCUT2D eigenvalue weighted by molar-refractivity contribution is -0.132. The van der Waals surface area contributed by atoms with Gasteiger partial charge in [-0.3, -0.25) is 0 Å². The number of carboxylic acids is 1. The molecule has 4 N–H and O–H groups in total. The molecule has 27 heavy (non-hydrogen) atoms. The van der Waals surface area contributed by atoms with Gasteiger partial charge < -0.3 is 28.7 Å². The number of aliphatic hydroxyl groups is 3. The van der Waals surface area contributed by atoms with E-state index in [-0.39, 0.29) is 5.57 Å². The minimum atomic E-state index is -3.11. The van der Waals surface area contributed by atoms with Gasteiger partial charge in [-0.15, -0.1) is 0 Å². The van der Waals surface area contributed by atoms with Gasteiger partial charge in [-0.2, -0.15) is 0 Å². The molecule has 0 radical (unpaired) electrons. The lowest BCUT2D eigenvalue weighted by atomic mass is 10.1. The van der Waals surface area contributed by atoms with Crippen LogP contribution in [-0.4, -0.2) is 69.5 Å². The van der Waals surface area contributed by atoms with Gasteiger partial charge in [0.05, 0.1) is 6.61 Å². The lowest BCUT2D eigenvalue weighted by Gasteiger charge is -2.49. The number of carbonyl (C=O) groups is 1. The van der Waals surface area contributed by atoms with Crippen LogP contribution in [0.15, 0.2) is 12.2 Å². The normalized spacial score (nSPS) is 16.0. The molecule has 0 fully saturated rings. The number of aliphatic hydroxyl groups excluding tert-OH is 2. The summed E-state index contributed by atoms with van der Waals surface area (Å²) >= 11 is 0. The SMILES string of the molecule is C=C(C)C(=O)O.CCCC(O)(C(O)CO)[Si](C)(O[Si](C)(C)C)O[Si](C)(C)C. The van der Waals surface area contributed by atoms with E-state index in [1.54, 1.807) is 0 Å². The quantitative estimate of drug-likeness (QED) is 0.305. The van der Waals surface area contributed by atoms with Crippen LogP contribution >= 0.6 is 0 Å². The summed E-state index contributed by atoms with van der Waals surface area (Å²) in [7, 11) is -7.08. The Labute approximate surface area is 167 Å². The van der Waals surface area contributed by atoms with Crippen LogP contribution in [0.2, 0.25) is 45.8 Å². The summed E-state index contributed by atoms with van der Waals surface area (Å²) in [5, 5.41) is 37.2. The maximum absolute atomic E-state index is 11.2. The van der Waals surface area contributed by atoms with E-state index in [4.69, 9.17) is 13.3 Å². The van der Waals surface area contributed by atoms with Gasteiger partial charge in [0, 0.05) is 5.57 Å². The highest BCUT2D eigenvalue weighted by atomic mass is 28.5. The molecule has 0 aliphatic heterocycles. The van der Waals surface area contributed by atoms with E-state index in [2.05, 4.69) is 6.58 Å². The third-order valence-electron chi connectivity index (χ3n) is 3.51. The second kappa shape index (κ2) is 11.0. The Morgan fingerprint density at radius 1 is 1.07 bits per heavy atom. The van der Waals surface area contributed by atoms with Crippen molar-refractivity contribution in [2.45, 2.75) is 83.8 Å². The van der Waals surface area contributed by atoms with Crippen molar-refractivity contribution in [2.75, 3.05) is 6.61 Å². The molecule has 0 heterocycles. The highest BCUT2D eigenvalue weighted by Gasteiger charge is 2.59. The third kappa shape index (κ3) is 10.7. The first-order chi connectivity index (χ1) is 11.8. The van der Waals surface area contributed by atoms with Crippen molar-refractivity contribution in [1.82, 2.24) is 0 Å². The van der Waals surface area contributed by atoms with Crippen LogP contribution in [0.1, 0.15) is 26.7 Å². The minimum Gasteiger partial charge on any atom is -0.478 e. The van der Waals surface area contributed by atoms with Crippen molar-refractivity contribution >= 4 is 31.2 Å². The van der Waals surface area contributed by atoms with E-state index in [0.29, 0.717) is 12.8 Å². The van der Waals surface area contributed by atoms with Crippen LogP contribution in [0.25, 0.3) is 0 Å². The number of carboxylic acid groups (broad SMARTS) is 1. The van der Waals surface area contributed by atoms with Gasteiger partial charge >= 0.3 is 14.5 Å². The van der Waals surface area contributed by atoms with Crippen LogP contribution in [0, 0.1) is 0 Å². The summed E-state index contributed by atoms with van der Waals surface area (Å²) in [5.74, 6) is -0.935. The number of rotatable bonds is 10. The Morgan fingerprint density at radius 2 is 1.41 bits per heavy atom. The fourth-order valence-electron chi connectivity index (χ4n) is 2.59. The molecule has 0 bridgehead atoms. The summed E-state index contributed by atoms with van der Waals surface area (Å²) in [6.45, 7) is 20.1. The van der Waals surface area contributed by atoms with Gasteiger partial charge in [0.25, 0.3) is 0 Å². The van der Waals surface area contributed by atoms with Crippen molar-refractivity contribution in [3.63, 3.8) is 0 Å². The van der Waals surface area contributed by atoms with E-state index < -0.39 is 49.1 Å². The first kappa shape index (κ1) is 28.9. The smallest absolute Gasteiger partial charge is 0.350 e. The van der Waals surface area contributed by atoms with Gasteiger partial charge in [0.15, 0.2) is 16.6 Å². The molecular weight excluding hydrogens is 400 g/mol. The molecule has 0 aromatic rings. The Balaban J connectivity index is 0. The van der Waals surface area contributed by atoms with Crippen LogP contribution in [0.3, 0.4) is 0 Å². The average Bonchev–Trinajstić information content (AvgIpc) is 2.42. The molecule has 0 aromatic heterocycles. The molecule has 0 aliphatic rings. The predicted octanol–water partition coefficient (Wildman–Crippen LogP) is 2.83. The number of hydrogen-bond donors (Lipinski definition) is 4. The first-order valence-electron chi connectivity index (χ1n) is 9.15. The second-order valence-electron chi connectivity index (χ2n) is 8.83. The van der Waals surface area contributed by atoms with Crippen molar-refractivity contribution in [1.29, 1.82) is 0 Å². The molecule has 0 aromatic carbocycles. The molecule has 0 saturated carbocycles. The number of aliphatic carboxylic acids is 1. The van der Waals surface area contributed by atoms with Gasteiger partial charge in [0.2, 0.25) is 0 Å². The van der Waals surface area contributed by atoms with Gasteiger partial charge in [-0.25, -0.2) is 4.79 Å². The van der Waals surface area contributed by atoms with Crippen LogP contribution in [0.4, 0.5) is 0 Å². The summed E-state index contributed by atoms with van der Waals surface area (Å²) in [4.78, 5) is 9.60. The molecule has 0 amide bonds. The molecule has 2 unspecified atom stereocenters. The maximum atomic E-state index is 11.2. The average molecular weight is 441 g/mol. The van der Waals surface area contributed by atoms with Crippen LogP contribution in [-0.2, 0) is 13.0 Å². The molecule has 7 nitrogen and oxygen atoms in total. The minimum absolute atomic E-state index is 0.176. The van der Waals surface area contributed by atoms with E-state index in [1.807, 2.05) is 52.8 Å². The molecule has 0 rings (SSSR count). The van der Waals surface area contributed by atoms with Gasteiger partial charge in [0.1, 0.15) is 11.3 Å². The topological polar surface area (TPSA) is 116 Å². The van der Waals surface area contributed by atoms with Crippen LogP contribution in [0.5, 0.6) is 0 Å². The Morgan fingerprint density at radius 3 is 1.59 bits per heavy atom. The third-order valence-corrected chi connectivity index (χ3v) is 13.7. The number of hydrogen-bond acceptors (Lipinski definition) is 6. The molecule has 162 valence electrons. The van der Waals surface area contributed by atoms with Gasteiger partial charge in [-0.1, -0.05) is 19.9 Å². The molecule has 0 spiro atoms. The van der Waals surface area contributed by atoms with E-state index >= 15 is 0 Å². The largest absolute Gasteiger partial charge is 0.478 e. The molecule has 2 atom stereocenters. The predicted molar refractivity (Wildman–Crippen MR) is 116 cm³/mol. The van der Waals surface area contributed by atoms with Crippen molar-refractivity contribution in [2.24, 2.45) is 0 Å². The fourth-order valence-corrected chi connectivity index (χ4v) is 15.3. The highest BCUT2D eigenvalue weighted by molar-refractivity contribution is 6.89. The Hall–Kier alpha value is -0.339. The molecule has 0 saturated heterocycles. The van der Waals surface area contributed by atoms with Crippen LogP contribution < -0.4 is 0 Å². The summed E-state index contributed by atoms with van der Waals surface area (Å²) in [6, 6.07) is 0. The zero-order valence-electron chi connectivity index (χ0n) is 18.4. The Bertz CT molecular complexity index is 458. The zero-order chi connectivity index (χ0) is 22.3. The Kier molecular flexibility index (Phi) is 11.8. The summed E-state index contributed by atoms with van der Waals surface area (Å²) in [6.07, 6.45) is -0.214. The summed E-state index contributed by atoms with van der Waals surface area (Å²) < 4.78 is 12.6. The molecular formula is C17H40O7Si3. The van der Waals surface area contributed by atoms with Crippen molar-refractivity contribution in [3.8, 4) is 0 Å². The monoisotopic (exact) mass is 440 g/mol. The molecule has 0 aliphatic carbocycles. The zero-order valence-corrected chi connectivity index (χ0v) is 21.4. The summed E-state index contributed by atoms with van der Waals surface area (Å²) in [5.41, 5.74) is 0.176. The standard InChI is InChI=1S/C13H34O5Si3.C4H6O2/c1-9-10-13(16,12(15)11-14)21(8,17-19(2,3)4)18-20(5,6)7;1-3(2)4(5)6/h12,14-16H,9-11H2,1-8H3;1H2,2H3,(H,5,6). The van der Waals surface area contributed by atoms with E-state index in [1.165, 1.54) is 6.92 Å². The molecule has 10 heteroatoms. The maximum Gasteiger partial charge on any atom is 0.350 e. The second-order valence-corrected chi connectivity index (χ2v) is 21.7. The van der Waals surface area contributed by atoms with E-state index in [9.17, 15) is 20.1 Å². The fraction of sp³-hybridized carbons (Fsp3) is 0.824.